The topological polar surface area (TPSA) is 131 Å². The zero-order valence-corrected chi connectivity index (χ0v) is 24.5. The van der Waals surface area contributed by atoms with Crippen LogP contribution in [0.5, 0.6) is 0 Å². The lowest BCUT2D eigenvalue weighted by Gasteiger charge is -2.39. The summed E-state index contributed by atoms with van der Waals surface area (Å²) in [4.78, 5) is 53.7. The zero-order valence-electron chi connectivity index (χ0n) is 24.5. The fraction of sp³-hybridized carbons (Fsp3) is 0.655. The number of alkyl carbamates (subject to hydrolysis) is 1. The number of aryl methyl sites for hydroxylation is 1. The van der Waals surface area contributed by atoms with E-state index in [-0.39, 0.29) is 24.8 Å². The maximum atomic E-state index is 14.2. The van der Waals surface area contributed by atoms with Gasteiger partial charge in [-0.15, -0.1) is 0 Å². The average molecular weight is 533 g/mol. The van der Waals surface area contributed by atoms with Crippen LogP contribution in [-0.4, -0.2) is 52.9 Å². The quantitative estimate of drug-likeness (QED) is 0.305. The first kappa shape index (κ1) is 32.9. The number of amides is 4. The van der Waals surface area contributed by atoms with E-state index in [2.05, 4.69) is 17.6 Å². The summed E-state index contributed by atoms with van der Waals surface area (Å²) in [5.74, 6) is -1.35. The molecule has 0 fully saturated rings. The van der Waals surface area contributed by atoms with Crippen LogP contribution in [-0.2, 0) is 19.1 Å². The molecule has 0 aromatic heterocycles. The van der Waals surface area contributed by atoms with Crippen molar-refractivity contribution in [3.63, 3.8) is 0 Å². The first-order chi connectivity index (χ1) is 17.7. The summed E-state index contributed by atoms with van der Waals surface area (Å²) in [7, 11) is 0. The third-order valence-corrected chi connectivity index (χ3v) is 6.54. The maximum absolute atomic E-state index is 14.2. The highest BCUT2D eigenvalue weighted by atomic mass is 16.6. The van der Waals surface area contributed by atoms with Crippen LogP contribution in [0.4, 0.5) is 4.79 Å². The Morgan fingerprint density at radius 3 is 2.29 bits per heavy atom. The van der Waals surface area contributed by atoms with Crippen molar-refractivity contribution < 1.29 is 23.9 Å². The predicted octanol–water partition coefficient (Wildman–Crippen LogP) is 4.44. The van der Waals surface area contributed by atoms with Crippen molar-refractivity contribution in [3.05, 3.63) is 34.9 Å². The third kappa shape index (κ3) is 10.3. The van der Waals surface area contributed by atoms with Crippen molar-refractivity contribution in [3.8, 4) is 0 Å². The summed E-state index contributed by atoms with van der Waals surface area (Å²) < 4.78 is 5.38. The lowest BCUT2D eigenvalue weighted by Crippen LogP contribution is -2.55. The molecule has 0 aliphatic carbocycles. The molecule has 0 aliphatic heterocycles. The molecule has 0 bridgehead atoms. The molecular formula is C29H48N4O5. The van der Waals surface area contributed by atoms with Crippen molar-refractivity contribution >= 4 is 23.8 Å². The first-order valence-electron chi connectivity index (χ1n) is 13.7. The molecule has 9 heteroatoms. The third-order valence-electron chi connectivity index (χ3n) is 6.54. The van der Waals surface area contributed by atoms with Gasteiger partial charge in [0.05, 0.1) is 0 Å². The number of primary amides is 1. The van der Waals surface area contributed by atoms with Gasteiger partial charge in [0.15, 0.2) is 0 Å². The van der Waals surface area contributed by atoms with Gasteiger partial charge in [-0.1, -0.05) is 44.9 Å². The Balaban J connectivity index is 3.56. The van der Waals surface area contributed by atoms with Gasteiger partial charge in [0.2, 0.25) is 17.7 Å². The zero-order chi connectivity index (χ0) is 29.0. The lowest BCUT2D eigenvalue weighted by molar-refractivity contribution is -0.145. The first-order valence-corrected chi connectivity index (χ1v) is 13.7. The van der Waals surface area contributed by atoms with Gasteiger partial charge >= 0.3 is 6.09 Å². The summed E-state index contributed by atoms with van der Waals surface area (Å²) in [6, 6.07) is 3.33. The Morgan fingerprint density at radius 2 is 1.74 bits per heavy atom. The maximum Gasteiger partial charge on any atom is 0.408 e. The van der Waals surface area contributed by atoms with Gasteiger partial charge < -0.3 is 26.0 Å². The minimum Gasteiger partial charge on any atom is -0.444 e. The molecule has 0 radical (unpaired) electrons. The summed E-state index contributed by atoms with van der Waals surface area (Å²) in [6.45, 7) is 15.5. The average Bonchev–Trinajstić information content (AvgIpc) is 2.82. The highest BCUT2D eigenvalue weighted by molar-refractivity contribution is 5.93. The van der Waals surface area contributed by atoms with E-state index in [0.717, 1.165) is 36.0 Å². The molecule has 1 aromatic rings. The van der Waals surface area contributed by atoms with E-state index in [1.54, 1.807) is 25.7 Å². The summed E-state index contributed by atoms with van der Waals surface area (Å²) in [6.07, 6.45) is 2.50. The molecule has 0 saturated carbocycles. The van der Waals surface area contributed by atoms with Gasteiger partial charge in [0, 0.05) is 19.0 Å². The number of hydrogen-bond acceptors (Lipinski definition) is 5. The number of carbonyl (C=O) groups is 4. The number of nitrogens with two attached hydrogens (primary N) is 1. The van der Waals surface area contributed by atoms with Gasteiger partial charge in [-0.2, -0.15) is 0 Å². The van der Waals surface area contributed by atoms with Crippen LogP contribution >= 0.6 is 0 Å². The molecule has 3 atom stereocenters. The minimum absolute atomic E-state index is 0.0159. The number of carbonyl (C=O) groups excluding carboxylic acids is 4. The molecule has 3 unspecified atom stereocenters. The molecule has 4 N–H and O–H groups in total. The largest absolute Gasteiger partial charge is 0.444 e. The monoisotopic (exact) mass is 532 g/mol. The van der Waals surface area contributed by atoms with Crippen LogP contribution < -0.4 is 16.4 Å². The molecule has 0 aliphatic rings. The van der Waals surface area contributed by atoms with E-state index in [1.165, 1.54) is 0 Å². The van der Waals surface area contributed by atoms with Crippen LogP contribution in [0.1, 0.15) is 103 Å². The molecule has 214 valence electrons. The Labute approximate surface area is 228 Å². The molecular weight excluding hydrogens is 484 g/mol. The van der Waals surface area contributed by atoms with E-state index in [1.807, 2.05) is 45.9 Å². The Hall–Kier alpha value is -3.10. The summed E-state index contributed by atoms with van der Waals surface area (Å²) in [5, 5.41) is 5.65. The molecule has 9 nitrogen and oxygen atoms in total. The highest BCUT2D eigenvalue weighted by Crippen LogP contribution is 2.30. The predicted molar refractivity (Wildman–Crippen MR) is 149 cm³/mol. The van der Waals surface area contributed by atoms with Crippen LogP contribution in [0.25, 0.3) is 0 Å². The molecule has 4 amide bonds. The van der Waals surface area contributed by atoms with Gasteiger partial charge in [-0.3, -0.25) is 14.4 Å². The van der Waals surface area contributed by atoms with E-state index in [9.17, 15) is 19.2 Å². The van der Waals surface area contributed by atoms with Crippen LogP contribution in [0, 0.1) is 13.8 Å². The smallest absolute Gasteiger partial charge is 0.408 e. The number of nitrogens with one attached hydrogen (secondary N) is 2. The number of ether oxygens (including phenoxy) is 1. The molecule has 0 spiro atoms. The number of benzene rings is 1. The van der Waals surface area contributed by atoms with E-state index >= 15 is 0 Å². The van der Waals surface area contributed by atoms with Gasteiger partial charge in [0.1, 0.15) is 17.7 Å². The van der Waals surface area contributed by atoms with E-state index < -0.39 is 35.6 Å². The van der Waals surface area contributed by atoms with E-state index in [4.69, 9.17) is 10.5 Å². The second-order valence-electron chi connectivity index (χ2n) is 10.9. The van der Waals surface area contributed by atoms with Crippen LogP contribution in [0.15, 0.2) is 18.2 Å². The van der Waals surface area contributed by atoms with Crippen LogP contribution in [0.2, 0.25) is 0 Å². The second-order valence-corrected chi connectivity index (χ2v) is 10.9. The second kappa shape index (κ2) is 15.3. The number of rotatable bonds is 14. The molecule has 1 aromatic carbocycles. The van der Waals surface area contributed by atoms with Crippen molar-refractivity contribution in [1.82, 2.24) is 15.5 Å². The van der Waals surface area contributed by atoms with Gasteiger partial charge in [-0.25, -0.2) is 4.79 Å². The number of hydrogen-bond donors (Lipinski definition) is 3. The van der Waals surface area contributed by atoms with Gasteiger partial charge in [0.25, 0.3) is 0 Å². The molecule has 1 rings (SSSR count). The summed E-state index contributed by atoms with van der Waals surface area (Å²) >= 11 is 0. The molecule has 0 heterocycles. The van der Waals surface area contributed by atoms with Crippen molar-refractivity contribution in [2.75, 3.05) is 6.54 Å². The number of unbranched alkanes of at least 4 members (excludes halogenated alkanes) is 2. The number of nitrogens with zero attached hydrogens (tertiary/aromatic N) is 1. The van der Waals surface area contributed by atoms with Crippen LogP contribution in [0.3, 0.4) is 0 Å². The summed E-state index contributed by atoms with van der Waals surface area (Å²) in [5.41, 5.74) is 7.23. The normalized spacial score (nSPS) is 13.7. The Kier molecular flexibility index (Phi) is 13.3. The molecule has 38 heavy (non-hydrogen) atoms. The van der Waals surface area contributed by atoms with Gasteiger partial charge in [-0.05, 0) is 77.5 Å². The van der Waals surface area contributed by atoms with Crippen molar-refractivity contribution in [1.29, 1.82) is 0 Å². The van der Waals surface area contributed by atoms with E-state index in [0.29, 0.717) is 13.0 Å². The van der Waals surface area contributed by atoms with Crippen molar-refractivity contribution in [2.45, 2.75) is 118 Å². The Bertz CT molecular complexity index is 957. The lowest BCUT2D eigenvalue weighted by atomic mass is 9.93. The Morgan fingerprint density at radius 1 is 1.08 bits per heavy atom. The van der Waals surface area contributed by atoms with Crippen molar-refractivity contribution in [2.24, 2.45) is 5.73 Å². The highest BCUT2D eigenvalue weighted by Gasteiger charge is 2.39. The standard InChI is InChI=1S/C29H48N4O5/c1-9-11-12-18-31-26(35)25(22-15-13-14-19(3)21(22)5)33(20(4)10-2)27(36)23(16-17-24(30)34)32-28(37)38-29(6,7)8/h13-15,20,23,25H,9-12,16-18H2,1-8H3,(H2,30,34)(H,31,35)(H,32,37). The SMILES string of the molecule is CCCCCNC(=O)C(c1cccc(C)c1C)N(C(=O)C(CCC(N)=O)NC(=O)OC(C)(C)C)C(C)CC. The fourth-order valence-corrected chi connectivity index (χ4v) is 4.14. The fourth-order valence-electron chi connectivity index (χ4n) is 4.14. The minimum atomic E-state index is -1.10. The molecule has 0 saturated heterocycles.